The first-order valence-electron chi connectivity index (χ1n) is 8.70. The molecule has 0 radical (unpaired) electrons. The molecule has 2 aromatic rings. The second-order valence-electron chi connectivity index (χ2n) is 6.28. The van der Waals surface area contributed by atoms with Gasteiger partial charge >= 0.3 is 0 Å². The Morgan fingerprint density at radius 1 is 0.966 bits per heavy atom. The van der Waals surface area contributed by atoms with E-state index in [4.69, 9.17) is 33.2 Å². The fourth-order valence-electron chi connectivity index (χ4n) is 3.38. The first-order chi connectivity index (χ1) is 14.0. The molecule has 0 aromatic heterocycles. The van der Waals surface area contributed by atoms with Crippen LogP contribution >= 0.6 is 15.9 Å². The molecule has 154 valence electrons. The minimum Gasteiger partial charge on any atom is -0.493 e. The summed E-state index contributed by atoms with van der Waals surface area (Å²) < 4.78 is 38.6. The fraction of sp³-hybridized carbons (Fsp3) is 0.350. The van der Waals surface area contributed by atoms with Crippen LogP contribution in [0.5, 0.6) is 34.5 Å². The molecule has 0 spiro atoms. The summed E-state index contributed by atoms with van der Waals surface area (Å²) >= 11 is 3.45. The molecular weight excluding hydrogens is 448 g/mol. The summed E-state index contributed by atoms with van der Waals surface area (Å²) in [5.74, 6) is 2.27. The first kappa shape index (κ1) is 19.7. The molecule has 2 atom stereocenters. The van der Waals surface area contributed by atoms with E-state index in [1.165, 1.54) is 14.2 Å². The lowest BCUT2D eigenvalue weighted by Crippen LogP contribution is -2.12. The fourth-order valence-corrected chi connectivity index (χ4v) is 4.09. The van der Waals surface area contributed by atoms with Gasteiger partial charge in [-0.2, -0.15) is 0 Å². The number of Topliss-reactive ketones (excluding diaryl/α,β-unsaturated/α-hetero) is 1. The van der Waals surface area contributed by atoms with E-state index in [1.807, 2.05) is 6.07 Å². The number of carbonyl (C=O) groups excluding carboxylic acids is 1. The van der Waals surface area contributed by atoms with Crippen LogP contribution in [-0.2, 0) is 4.74 Å². The van der Waals surface area contributed by atoms with Crippen LogP contribution in [0.15, 0.2) is 22.7 Å². The zero-order chi connectivity index (χ0) is 20.7. The van der Waals surface area contributed by atoms with Crippen molar-refractivity contribution < 1.29 is 38.0 Å². The molecule has 0 unspecified atom stereocenters. The maximum absolute atomic E-state index is 13.3. The number of carbonyl (C=O) groups is 1. The normalized spacial score (nSPS) is 18.9. The van der Waals surface area contributed by atoms with Gasteiger partial charge in [0.2, 0.25) is 18.3 Å². The molecule has 1 fully saturated rings. The average Bonchev–Trinajstić information content (AvgIpc) is 3.41. The van der Waals surface area contributed by atoms with Crippen molar-refractivity contribution in [2.75, 3.05) is 35.2 Å². The third-order valence-electron chi connectivity index (χ3n) is 4.81. The number of halogens is 1. The van der Waals surface area contributed by atoms with E-state index in [1.54, 1.807) is 26.4 Å². The van der Waals surface area contributed by atoms with Crippen molar-refractivity contribution >= 4 is 21.7 Å². The molecular formula is C20H19BrO8. The Kier molecular flexibility index (Phi) is 5.18. The van der Waals surface area contributed by atoms with Crippen molar-refractivity contribution in [1.29, 1.82) is 0 Å². The van der Waals surface area contributed by atoms with Gasteiger partial charge in [-0.25, -0.2) is 0 Å². The van der Waals surface area contributed by atoms with Gasteiger partial charge in [-0.1, -0.05) is 6.07 Å². The molecule has 1 saturated heterocycles. The number of benzene rings is 2. The zero-order valence-electron chi connectivity index (χ0n) is 16.2. The topological polar surface area (TPSA) is 85.0 Å². The van der Waals surface area contributed by atoms with Crippen molar-refractivity contribution in [3.63, 3.8) is 0 Å². The van der Waals surface area contributed by atoms with Gasteiger partial charge in [-0.15, -0.1) is 0 Å². The lowest BCUT2D eigenvalue weighted by molar-refractivity contribution is 0.0948. The predicted octanol–water partition coefficient (Wildman–Crippen LogP) is 3.54. The van der Waals surface area contributed by atoms with E-state index in [2.05, 4.69) is 15.9 Å². The van der Waals surface area contributed by atoms with E-state index in [9.17, 15) is 4.79 Å². The van der Waals surface area contributed by atoms with Gasteiger partial charge in [-0.3, -0.25) is 4.79 Å². The summed E-state index contributed by atoms with van der Waals surface area (Å²) in [7, 11) is 6.07. The average molecular weight is 467 g/mol. The van der Waals surface area contributed by atoms with Gasteiger partial charge in [0.25, 0.3) is 0 Å². The predicted molar refractivity (Wildman–Crippen MR) is 105 cm³/mol. The molecule has 9 heteroatoms. The van der Waals surface area contributed by atoms with Crippen molar-refractivity contribution in [1.82, 2.24) is 0 Å². The SMILES string of the molecule is COc1ccc([C@@H]2O[C@@H]2C(=O)c2c(Br)c(OC)c3c(c2OC)OCO3)cc1OC. The lowest BCUT2D eigenvalue weighted by atomic mass is 10.0. The van der Waals surface area contributed by atoms with Gasteiger partial charge in [0.15, 0.2) is 34.9 Å². The number of hydrogen-bond donors (Lipinski definition) is 0. The Balaban J connectivity index is 1.69. The van der Waals surface area contributed by atoms with E-state index < -0.39 is 12.2 Å². The highest BCUT2D eigenvalue weighted by Crippen LogP contribution is 2.55. The second kappa shape index (κ2) is 7.64. The Hall–Kier alpha value is -2.65. The van der Waals surface area contributed by atoms with Crippen LogP contribution in [0.2, 0.25) is 0 Å². The van der Waals surface area contributed by atoms with E-state index in [0.29, 0.717) is 33.2 Å². The second-order valence-corrected chi connectivity index (χ2v) is 7.07. The molecule has 4 rings (SSSR count). The molecule has 0 N–H and O–H groups in total. The molecule has 29 heavy (non-hydrogen) atoms. The van der Waals surface area contributed by atoms with Crippen LogP contribution in [0.3, 0.4) is 0 Å². The number of rotatable bonds is 7. The first-order valence-corrected chi connectivity index (χ1v) is 9.49. The molecule has 0 saturated carbocycles. The quantitative estimate of drug-likeness (QED) is 0.452. The standard InChI is InChI=1S/C20H19BrO8/c1-23-10-6-5-9(7-11(10)24-2)15-18(29-15)14(22)12-13(21)17(26-4)20-19(16(12)25-3)27-8-28-20/h5-7,15,18H,8H2,1-4H3/t15-,18+/m0/s1. The minimum atomic E-state index is -0.677. The summed E-state index contributed by atoms with van der Waals surface area (Å²) in [4.78, 5) is 13.3. The molecule has 0 bridgehead atoms. The Morgan fingerprint density at radius 2 is 1.62 bits per heavy atom. The summed E-state index contributed by atoms with van der Waals surface area (Å²) in [6, 6.07) is 5.41. The smallest absolute Gasteiger partial charge is 0.231 e. The molecule has 0 aliphatic carbocycles. The highest BCUT2D eigenvalue weighted by atomic mass is 79.9. The number of epoxide rings is 1. The van der Waals surface area contributed by atoms with Gasteiger partial charge in [0, 0.05) is 0 Å². The van der Waals surface area contributed by atoms with E-state index >= 15 is 0 Å². The molecule has 2 aliphatic heterocycles. The number of hydrogen-bond acceptors (Lipinski definition) is 8. The Bertz CT molecular complexity index is 974. The molecule has 2 aliphatic rings. The number of ketones is 1. The summed E-state index contributed by atoms with van der Waals surface area (Å²) in [6.07, 6.45) is -1.08. The number of methoxy groups -OCH3 is 4. The molecule has 0 amide bonds. The minimum absolute atomic E-state index is 0.0142. The third kappa shape index (κ3) is 3.14. The van der Waals surface area contributed by atoms with E-state index in [-0.39, 0.29) is 23.9 Å². The monoisotopic (exact) mass is 466 g/mol. The number of ether oxygens (including phenoxy) is 7. The summed E-state index contributed by atoms with van der Waals surface area (Å²) in [5, 5.41) is 0. The van der Waals surface area contributed by atoms with Crippen molar-refractivity contribution in [3.8, 4) is 34.5 Å². The maximum Gasteiger partial charge on any atom is 0.231 e. The van der Waals surface area contributed by atoms with Crippen LogP contribution < -0.4 is 28.4 Å². The molecule has 2 aromatic carbocycles. The highest BCUT2D eigenvalue weighted by molar-refractivity contribution is 9.10. The largest absolute Gasteiger partial charge is 0.493 e. The van der Waals surface area contributed by atoms with Crippen LogP contribution in [0.1, 0.15) is 22.0 Å². The summed E-state index contributed by atoms with van der Waals surface area (Å²) in [6.45, 7) is 0.0142. The zero-order valence-corrected chi connectivity index (χ0v) is 17.8. The summed E-state index contributed by atoms with van der Waals surface area (Å²) in [5.41, 5.74) is 1.09. The van der Waals surface area contributed by atoms with Gasteiger partial charge in [0.05, 0.1) is 38.5 Å². The lowest BCUT2D eigenvalue weighted by Gasteiger charge is -2.15. The van der Waals surface area contributed by atoms with E-state index in [0.717, 1.165) is 5.56 Å². The van der Waals surface area contributed by atoms with Crippen molar-refractivity contribution in [2.24, 2.45) is 0 Å². The number of fused-ring (bicyclic) bond motifs is 1. The molecule has 8 nitrogen and oxygen atoms in total. The maximum atomic E-state index is 13.3. The third-order valence-corrected chi connectivity index (χ3v) is 5.57. The van der Waals surface area contributed by atoms with Gasteiger partial charge in [0.1, 0.15) is 6.10 Å². The van der Waals surface area contributed by atoms with Crippen molar-refractivity contribution in [2.45, 2.75) is 12.2 Å². The van der Waals surface area contributed by atoms with Gasteiger partial charge < -0.3 is 33.2 Å². The highest BCUT2D eigenvalue weighted by Gasteiger charge is 2.49. The van der Waals surface area contributed by atoms with Crippen LogP contribution in [0, 0.1) is 0 Å². The molecule has 2 heterocycles. The van der Waals surface area contributed by atoms with Crippen molar-refractivity contribution in [3.05, 3.63) is 33.8 Å². The Morgan fingerprint density at radius 3 is 2.24 bits per heavy atom. The van der Waals surface area contributed by atoms with Crippen LogP contribution in [0.4, 0.5) is 0 Å². The Labute approximate surface area is 175 Å². The van der Waals surface area contributed by atoms with Crippen LogP contribution in [0.25, 0.3) is 0 Å². The van der Waals surface area contributed by atoms with Gasteiger partial charge in [-0.05, 0) is 33.6 Å². The van der Waals surface area contributed by atoms with Crippen LogP contribution in [-0.4, -0.2) is 47.1 Å².